The molecule has 0 radical (unpaired) electrons. The van der Waals surface area contributed by atoms with Crippen LogP contribution in [0.25, 0.3) is 10.8 Å². The molecule has 0 atom stereocenters. The highest BCUT2D eigenvalue weighted by Crippen LogP contribution is 2.35. The van der Waals surface area contributed by atoms with Gasteiger partial charge in [0.1, 0.15) is 11.6 Å². The summed E-state index contributed by atoms with van der Waals surface area (Å²) in [6.07, 6.45) is 0.819. The van der Waals surface area contributed by atoms with Crippen LogP contribution in [0.2, 0.25) is 0 Å². The quantitative estimate of drug-likeness (QED) is 0.241. The molecule has 3 rings (SSSR count). The highest BCUT2D eigenvalue weighted by molar-refractivity contribution is 5.84. The van der Waals surface area contributed by atoms with Crippen LogP contribution < -0.4 is 4.74 Å². The summed E-state index contributed by atoms with van der Waals surface area (Å²) in [6.45, 7) is 1.84. The van der Waals surface area contributed by atoms with Gasteiger partial charge in [-0.2, -0.15) is 8.78 Å². The number of alkyl halides is 2. The number of rotatable bonds is 6. The van der Waals surface area contributed by atoms with Gasteiger partial charge in [0.2, 0.25) is 0 Å². The Morgan fingerprint density at radius 1 is 0.897 bits per heavy atom. The predicted molar refractivity (Wildman–Crippen MR) is 97.9 cm³/mol. The Morgan fingerprint density at radius 3 is 2.34 bits per heavy atom. The number of fused-ring (bicyclic) bond motifs is 1. The summed E-state index contributed by atoms with van der Waals surface area (Å²) in [5.74, 6) is -6.14. The van der Waals surface area contributed by atoms with Crippen LogP contribution in [-0.2, 0) is 12.5 Å². The highest BCUT2D eigenvalue weighted by Gasteiger charge is 2.37. The fourth-order valence-electron chi connectivity index (χ4n) is 2.92. The monoisotopic (exact) mass is 410 g/mol. The van der Waals surface area contributed by atoms with E-state index in [4.69, 9.17) is 0 Å². The SMILES string of the molecule is C/C=C/CCc1ccc(C(F)(F)Oc2ccc3c(F)c(F)c(F)cc3c2)c(F)c1. The number of aryl methyl sites for hydroxylation is 1. The van der Waals surface area contributed by atoms with Crippen LogP contribution in [-0.4, -0.2) is 0 Å². The number of allylic oxidation sites excluding steroid dienone is 2. The van der Waals surface area contributed by atoms with Gasteiger partial charge in [0.05, 0.1) is 5.56 Å². The molecule has 1 nitrogen and oxygen atoms in total. The van der Waals surface area contributed by atoms with Crippen LogP contribution in [0.5, 0.6) is 5.75 Å². The fraction of sp³-hybridized carbons (Fsp3) is 0.182. The van der Waals surface area contributed by atoms with Gasteiger partial charge < -0.3 is 4.74 Å². The number of ether oxygens (including phenoxy) is 1. The largest absolute Gasteiger partial charge is 0.429 e. The summed E-state index contributed by atoms with van der Waals surface area (Å²) in [6, 6.07) is 6.89. The van der Waals surface area contributed by atoms with Crippen LogP contribution in [0, 0.1) is 23.3 Å². The van der Waals surface area contributed by atoms with Crippen LogP contribution >= 0.6 is 0 Å². The Morgan fingerprint density at radius 2 is 1.66 bits per heavy atom. The lowest BCUT2D eigenvalue weighted by atomic mass is 10.1. The molecular formula is C22H16F6O. The molecule has 0 N–H and O–H groups in total. The van der Waals surface area contributed by atoms with Crippen molar-refractivity contribution in [1.29, 1.82) is 0 Å². The van der Waals surface area contributed by atoms with Gasteiger partial charge in [-0.15, -0.1) is 0 Å². The summed E-state index contributed by atoms with van der Waals surface area (Å²) in [7, 11) is 0. The van der Waals surface area contributed by atoms with E-state index < -0.39 is 40.7 Å². The summed E-state index contributed by atoms with van der Waals surface area (Å²) < 4.78 is 88.2. The molecule has 152 valence electrons. The number of hydrogen-bond acceptors (Lipinski definition) is 1. The van der Waals surface area contributed by atoms with Crippen LogP contribution in [0.4, 0.5) is 26.3 Å². The molecule has 7 heteroatoms. The number of benzene rings is 3. The van der Waals surface area contributed by atoms with E-state index in [1.807, 2.05) is 19.1 Å². The Bertz CT molecular complexity index is 1070. The summed E-state index contributed by atoms with van der Waals surface area (Å²) in [5, 5.41) is -0.467. The van der Waals surface area contributed by atoms with Crippen molar-refractivity contribution in [1.82, 2.24) is 0 Å². The second kappa shape index (κ2) is 8.19. The van der Waals surface area contributed by atoms with Gasteiger partial charge in [0.15, 0.2) is 17.5 Å². The van der Waals surface area contributed by atoms with Crippen molar-refractivity contribution in [3.05, 3.63) is 89.0 Å². The molecule has 0 bridgehead atoms. The van der Waals surface area contributed by atoms with Gasteiger partial charge >= 0.3 is 6.11 Å². The highest BCUT2D eigenvalue weighted by atomic mass is 19.3. The Kier molecular flexibility index (Phi) is 5.86. The first-order chi connectivity index (χ1) is 13.7. The van der Waals surface area contributed by atoms with Gasteiger partial charge in [-0.05, 0) is 67.1 Å². The maximum absolute atomic E-state index is 14.5. The second-order valence-corrected chi connectivity index (χ2v) is 6.41. The fourth-order valence-corrected chi connectivity index (χ4v) is 2.92. The van der Waals surface area contributed by atoms with Crippen LogP contribution in [0.1, 0.15) is 24.5 Å². The van der Waals surface area contributed by atoms with Gasteiger partial charge in [-0.25, -0.2) is 17.6 Å². The van der Waals surface area contributed by atoms with Crippen LogP contribution in [0.15, 0.2) is 54.6 Å². The molecule has 0 unspecified atom stereocenters. The van der Waals surface area contributed by atoms with Crippen molar-refractivity contribution in [3.63, 3.8) is 0 Å². The molecule has 0 fully saturated rings. The van der Waals surface area contributed by atoms with E-state index in [2.05, 4.69) is 4.74 Å². The minimum absolute atomic E-state index is 0.172. The Hall–Kier alpha value is -2.96. The molecule has 0 aromatic heterocycles. The molecule has 3 aromatic rings. The van der Waals surface area contributed by atoms with E-state index >= 15 is 0 Å². The van der Waals surface area contributed by atoms with E-state index in [-0.39, 0.29) is 10.8 Å². The first-order valence-electron chi connectivity index (χ1n) is 8.77. The van der Waals surface area contributed by atoms with E-state index in [0.717, 1.165) is 30.3 Å². The zero-order valence-electron chi connectivity index (χ0n) is 15.3. The zero-order chi connectivity index (χ0) is 21.2. The topological polar surface area (TPSA) is 9.23 Å². The Labute approximate surface area is 163 Å². The maximum Gasteiger partial charge on any atom is 0.429 e. The molecular weight excluding hydrogens is 394 g/mol. The smallest absolute Gasteiger partial charge is 0.429 e. The lowest BCUT2D eigenvalue weighted by molar-refractivity contribution is -0.187. The summed E-state index contributed by atoms with van der Waals surface area (Å²) in [5.41, 5.74) is -0.414. The minimum Gasteiger partial charge on any atom is -0.429 e. The third-order valence-electron chi connectivity index (χ3n) is 4.37. The average Bonchev–Trinajstić information content (AvgIpc) is 2.66. The van der Waals surface area contributed by atoms with Crippen molar-refractivity contribution in [3.8, 4) is 5.75 Å². The maximum atomic E-state index is 14.5. The standard InChI is InChI=1S/C22H16F6O/c1-2-3-4-5-13-6-9-17(18(23)10-13)22(27,28)29-15-7-8-16-14(11-15)12-19(24)21(26)20(16)25/h2-3,6-12H,4-5H2,1H3/b3-2+. The van der Waals surface area contributed by atoms with Crippen LogP contribution in [0.3, 0.4) is 0 Å². The third-order valence-corrected chi connectivity index (χ3v) is 4.37. The van der Waals surface area contributed by atoms with Gasteiger partial charge in [-0.3, -0.25) is 0 Å². The summed E-state index contributed by atoms with van der Waals surface area (Å²) >= 11 is 0. The molecule has 0 saturated heterocycles. The van der Waals surface area contributed by atoms with Gasteiger partial charge in [0, 0.05) is 5.39 Å². The van der Waals surface area contributed by atoms with Crippen molar-refractivity contribution in [2.45, 2.75) is 25.9 Å². The predicted octanol–water partition coefficient (Wildman–Crippen LogP) is 7.03. The summed E-state index contributed by atoms with van der Waals surface area (Å²) in [4.78, 5) is 0. The molecule has 0 saturated carbocycles. The third kappa shape index (κ3) is 4.39. The van der Waals surface area contributed by atoms with Crippen molar-refractivity contribution in [2.75, 3.05) is 0 Å². The molecule has 0 amide bonds. The van der Waals surface area contributed by atoms with E-state index in [0.29, 0.717) is 24.5 Å². The van der Waals surface area contributed by atoms with Crippen molar-refractivity contribution in [2.24, 2.45) is 0 Å². The van der Waals surface area contributed by atoms with Gasteiger partial charge in [0.25, 0.3) is 0 Å². The molecule has 0 heterocycles. The van der Waals surface area contributed by atoms with Crippen molar-refractivity contribution < 1.29 is 31.1 Å². The lowest BCUT2D eigenvalue weighted by Crippen LogP contribution is -2.23. The molecule has 0 aliphatic rings. The van der Waals surface area contributed by atoms with Crippen molar-refractivity contribution >= 4 is 10.8 Å². The molecule has 0 spiro atoms. The van der Waals surface area contributed by atoms with E-state index in [1.54, 1.807) is 0 Å². The second-order valence-electron chi connectivity index (χ2n) is 6.41. The normalized spacial score (nSPS) is 12.1. The van der Waals surface area contributed by atoms with E-state index in [9.17, 15) is 26.3 Å². The zero-order valence-corrected chi connectivity index (χ0v) is 15.3. The molecule has 29 heavy (non-hydrogen) atoms. The first-order valence-corrected chi connectivity index (χ1v) is 8.77. The molecule has 0 aliphatic carbocycles. The first kappa shape index (κ1) is 20.8. The minimum atomic E-state index is -4.03. The van der Waals surface area contributed by atoms with E-state index in [1.165, 1.54) is 6.07 Å². The molecule has 0 aliphatic heterocycles. The lowest BCUT2D eigenvalue weighted by Gasteiger charge is -2.19. The molecule has 3 aromatic carbocycles. The van der Waals surface area contributed by atoms with Gasteiger partial charge in [-0.1, -0.05) is 18.2 Å². The Balaban J connectivity index is 1.88. The number of halogens is 6. The number of hydrogen-bond donors (Lipinski definition) is 0. The average molecular weight is 410 g/mol.